The number of amides is 2. The van der Waals surface area contributed by atoms with E-state index >= 15 is 0 Å². The summed E-state index contributed by atoms with van der Waals surface area (Å²) in [7, 11) is 0. The number of aromatic nitrogens is 1. The van der Waals surface area contributed by atoms with Gasteiger partial charge in [-0.2, -0.15) is 0 Å². The zero-order valence-electron chi connectivity index (χ0n) is 18.5. The van der Waals surface area contributed by atoms with Gasteiger partial charge in [-0.15, -0.1) is 0 Å². The highest BCUT2D eigenvalue weighted by molar-refractivity contribution is 8.18. The van der Waals surface area contributed by atoms with Crippen LogP contribution in [0, 0.1) is 13.8 Å². The molecule has 0 aliphatic carbocycles. The zero-order chi connectivity index (χ0) is 24.0. The number of hydrogen-bond donors (Lipinski definition) is 0. The molecule has 0 atom stereocenters. The van der Waals surface area contributed by atoms with Crippen molar-refractivity contribution in [1.29, 1.82) is 0 Å². The number of aryl methyl sites for hydroxylation is 1. The average molecular weight is 507 g/mol. The fourth-order valence-electron chi connectivity index (χ4n) is 4.27. The molecule has 1 aliphatic heterocycles. The van der Waals surface area contributed by atoms with Crippen LogP contribution in [0.2, 0.25) is 10.0 Å². The van der Waals surface area contributed by atoms with E-state index in [0.717, 1.165) is 50.7 Å². The van der Waals surface area contributed by atoms with E-state index in [1.54, 1.807) is 12.1 Å². The number of carbonyl (C=O) groups is 2. The van der Waals surface area contributed by atoms with Crippen LogP contribution in [0.15, 0.2) is 71.6 Å². The van der Waals surface area contributed by atoms with E-state index in [9.17, 15) is 9.59 Å². The molecule has 0 spiro atoms. The van der Waals surface area contributed by atoms with Crippen LogP contribution >= 0.6 is 35.0 Å². The SMILES string of the molecule is Cc1cc(/C=C2\SC(=O)N(Cc3ccc4ccccc4c3)C2=O)c(C)n1-c1cccc(Cl)c1Cl. The number of imide groups is 1. The summed E-state index contributed by atoms with van der Waals surface area (Å²) in [5, 5.41) is 2.87. The molecule has 170 valence electrons. The number of nitrogens with zero attached hydrogens (tertiary/aromatic N) is 2. The highest BCUT2D eigenvalue weighted by Gasteiger charge is 2.35. The van der Waals surface area contributed by atoms with E-state index in [1.165, 1.54) is 4.90 Å². The lowest BCUT2D eigenvalue weighted by molar-refractivity contribution is -0.123. The molecule has 1 aliphatic rings. The summed E-state index contributed by atoms with van der Waals surface area (Å²) in [5.41, 5.74) is 4.39. The molecule has 7 heteroatoms. The van der Waals surface area contributed by atoms with Crippen molar-refractivity contribution in [2.75, 3.05) is 0 Å². The van der Waals surface area contributed by atoms with Gasteiger partial charge in [-0.05, 0) is 77.9 Å². The molecule has 2 amide bonds. The van der Waals surface area contributed by atoms with Crippen molar-refractivity contribution in [2.45, 2.75) is 20.4 Å². The number of rotatable bonds is 4. The third-order valence-electron chi connectivity index (χ3n) is 5.96. The minimum atomic E-state index is -0.284. The Balaban J connectivity index is 1.44. The number of halogens is 2. The third kappa shape index (κ3) is 4.05. The summed E-state index contributed by atoms with van der Waals surface area (Å²) in [5.74, 6) is -0.284. The summed E-state index contributed by atoms with van der Waals surface area (Å²) in [6, 6.07) is 21.5. The van der Waals surface area contributed by atoms with Crippen molar-refractivity contribution in [3.8, 4) is 5.69 Å². The van der Waals surface area contributed by atoms with Crippen LogP contribution in [0.4, 0.5) is 4.79 Å². The van der Waals surface area contributed by atoms with Gasteiger partial charge >= 0.3 is 0 Å². The van der Waals surface area contributed by atoms with Gasteiger partial charge in [-0.25, -0.2) is 0 Å². The standard InChI is InChI=1S/C27H20Cl2N2O2S/c1-16-12-21(17(2)31(16)23-9-5-8-22(28)25(23)29)14-24-26(32)30(27(33)34-24)15-18-10-11-19-6-3-4-7-20(19)13-18/h3-14H,15H2,1-2H3/b24-14-. The van der Waals surface area contributed by atoms with E-state index in [1.807, 2.05) is 79.1 Å². The molecule has 0 bridgehead atoms. The van der Waals surface area contributed by atoms with E-state index in [2.05, 4.69) is 0 Å². The van der Waals surface area contributed by atoms with E-state index in [4.69, 9.17) is 23.2 Å². The fraction of sp³-hybridized carbons (Fsp3) is 0.111. The molecule has 0 saturated carbocycles. The maximum Gasteiger partial charge on any atom is 0.293 e. The van der Waals surface area contributed by atoms with Crippen molar-refractivity contribution in [2.24, 2.45) is 0 Å². The third-order valence-corrected chi connectivity index (χ3v) is 7.67. The van der Waals surface area contributed by atoms with Crippen molar-refractivity contribution in [1.82, 2.24) is 9.47 Å². The summed E-state index contributed by atoms with van der Waals surface area (Å²) >= 11 is 13.6. The first-order valence-electron chi connectivity index (χ1n) is 10.7. The molecule has 4 aromatic rings. The van der Waals surface area contributed by atoms with Gasteiger partial charge in [-0.1, -0.05) is 65.7 Å². The fourth-order valence-corrected chi connectivity index (χ4v) is 5.48. The lowest BCUT2D eigenvalue weighted by atomic mass is 10.1. The van der Waals surface area contributed by atoms with E-state index in [0.29, 0.717) is 15.0 Å². The second-order valence-electron chi connectivity index (χ2n) is 8.18. The van der Waals surface area contributed by atoms with E-state index in [-0.39, 0.29) is 17.7 Å². The first-order chi connectivity index (χ1) is 16.3. The van der Waals surface area contributed by atoms with Crippen molar-refractivity contribution >= 4 is 63.0 Å². The molecule has 34 heavy (non-hydrogen) atoms. The number of benzene rings is 3. The Labute approximate surface area is 211 Å². The smallest absolute Gasteiger partial charge is 0.293 e. The Bertz CT molecular complexity index is 1510. The molecular weight excluding hydrogens is 487 g/mol. The molecule has 5 rings (SSSR count). The molecule has 4 nitrogen and oxygen atoms in total. The molecule has 1 aromatic heterocycles. The van der Waals surface area contributed by atoms with Crippen LogP contribution < -0.4 is 0 Å². The van der Waals surface area contributed by atoms with Crippen LogP contribution in [0.1, 0.15) is 22.5 Å². The summed E-state index contributed by atoms with van der Waals surface area (Å²) in [6.45, 7) is 4.16. The monoisotopic (exact) mass is 506 g/mol. The van der Waals surface area contributed by atoms with Crippen molar-refractivity contribution in [3.05, 3.63) is 104 Å². The Morgan fingerprint density at radius 1 is 0.912 bits per heavy atom. The second kappa shape index (κ2) is 8.99. The lowest BCUT2D eigenvalue weighted by Crippen LogP contribution is -2.27. The zero-order valence-corrected chi connectivity index (χ0v) is 20.8. The van der Waals surface area contributed by atoms with Gasteiger partial charge in [0.25, 0.3) is 11.1 Å². The quantitative estimate of drug-likeness (QED) is 0.265. The highest BCUT2D eigenvalue weighted by Crippen LogP contribution is 2.36. The molecular formula is C27H20Cl2N2O2S. The molecule has 1 fully saturated rings. The molecule has 3 aromatic carbocycles. The topological polar surface area (TPSA) is 42.3 Å². The number of fused-ring (bicyclic) bond motifs is 1. The first kappa shape index (κ1) is 22.8. The number of carbonyl (C=O) groups excluding carboxylic acids is 2. The van der Waals surface area contributed by atoms with Crippen molar-refractivity contribution < 1.29 is 9.59 Å². The summed E-state index contributed by atoms with van der Waals surface area (Å²) < 4.78 is 2.00. The molecule has 0 radical (unpaired) electrons. The Hall–Kier alpha value is -2.99. The van der Waals surface area contributed by atoms with Gasteiger partial charge in [0.2, 0.25) is 0 Å². The van der Waals surface area contributed by atoms with Gasteiger partial charge in [0.15, 0.2) is 0 Å². The van der Waals surface area contributed by atoms with Gasteiger partial charge in [-0.3, -0.25) is 14.5 Å². The Kier molecular flexibility index (Phi) is 6.02. The normalized spacial score (nSPS) is 15.2. The largest absolute Gasteiger partial charge is 0.316 e. The predicted molar refractivity (Wildman–Crippen MR) is 141 cm³/mol. The van der Waals surface area contributed by atoms with Crippen LogP contribution in [0.5, 0.6) is 0 Å². The Morgan fingerprint density at radius 2 is 1.68 bits per heavy atom. The first-order valence-corrected chi connectivity index (χ1v) is 12.3. The second-order valence-corrected chi connectivity index (χ2v) is 9.96. The van der Waals surface area contributed by atoms with Gasteiger partial charge in [0.05, 0.1) is 27.2 Å². The van der Waals surface area contributed by atoms with E-state index < -0.39 is 0 Å². The van der Waals surface area contributed by atoms with Crippen molar-refractivity contribution in [3.63, 3.8) is 0 Å². The van der Waals surface area contributed by atoms with Gasteiger partial charge < -0.3 is 4.57 Å². The number of hydrogen-bond acceptors (Lipinski definition) is 3. The van der Waals surface area contributed by atoms with Crippen LogP contribution in [-0.4, -0.2) is 20.6 Å². The Morgan fingerprint density at radius 3 is 2.47 bits per heavy atom. The summed E-state index contributed by atoms with van der Waals surface area (Å²) in [4.78, 5) is 27.5. The molecule has 0 unspecified atom stereocenters. The molecule has 2 heterocycles. The minimum Gasteiger partial charge on any atom is -0.316 e. The van der Waals surface area contributed by atoms with Gasteiger partial charge in [0, 0.05) is 11.4 Å². The molecule has 1 saturated heterocycles. The average Bonchev–Trinajstić information content (AvgIpc) is 3.25. The van der Waals surface area contributed by atoms with Crippen LogP contribution in [-0.2, 0) is 11.3 Å². The summed E-state index contributed by atoms with van der Waals surface area (Å²) in [6.07, 6.45) is 1.78. The number of thioether (sulfide) groups is 1. The minimum absolute atomic E-state index is 0.240. The molecule has 0 N–H and O–H groups in total. The highest BCUT2D eigenvalue weighted by atomic mass is 35.5. The van der Waals surface area contributed by atoms with Crippen LogP contribution in [0.25, 0.3) is 22.5 Å². The maximum absolute atomic E-state index is 13.1. The lowest BCUT2D eigenvalue weighted by Gasteiger charge is -2.13. The van der Waals surface area contributed by atoms with Crippen LogP contribution in [0.3, 0.4) is 0 Å². The van der Waals surface area contributed by atoms with Gasteiger partial charge in [0.1, 0.15) is 0 Å². The predicted octanol–water partition coefficient (Wildman–Crippen LogP) is 7.79. The maximum atomic E-state index is 13.1.